The van der Waals surface area contributed by atoms with E-state index < -0.39 is 0 Å². The monoisotopic (exact) mass is 313 g/mol. The molecule has 23 heavy (non-hydrogen) atoms. The van der Waals surface area contributed by atoms with Crippen LogP contribution in [0.5, 0.6) is 0 Å². The normalized spacial score (nSPS) is 25.7. The largest absolute Gasteiger partial charge is 0.440 e. The molecule has 120 valence electrons. The number of amides is 2. The van der Waals surface area contributed by atoms with Crippen LogP contribution in [0.1, 0.15) is 29.6 Å². The molecule has 0 saturated carbocycles. The lowest BCUT2D eigenvalue weighted by molar-refractivity contribution is -0.107. The van der Waals surface area contributed by atoms with Gasteiger partial charge in [-0.05, 0) is 31.4 Å². The molecule has 3 atom stereocenters. The number of anilines is 1. The van der Waals surface area contributed by atoms with E-state index in [0.717, 1.165) is 18.2 Å². The van der Waals surface area contributed by atoms with Gasteiger partial charge in [0.1, 0.15) is 5.58 Å². The number of nitrogens with zero attached hydrogens (tertiary/aromatic N) is 1. The Morgan fingerprint density at radius 2 is 2.26 bits per heavy atom. The van der Waals surface area contributed by atoms with Crippen LogP contribution in [0.2, 0.25) is 0 Å². The molecule has 2 amide bonds. The van der Waals surface area contributed by atoms with Crippen molar-refractivity contribution in [1.82, 2.24) is 10.6 Å². The summed E-state index contributed by atoms with van der Waals surface area (Å²) in [6.45, 7) is 0. The fourth-order valence-corrected chi connectivity index (χ4v) is 3.62. The summed E-state index contributed by atoms with van der Waals surface area (Å²) in [6.07, 6.45) is 4.04. The van der Waals surface area contributed by atoms with Gasteiger partial charge in [-0.2, -0.15) is 0 Å². The third kappa shape index (κ3) is 2.49. The highest BCUT2D eigenvalue weighted by Crippen LogP contribution is 2.29. The average Bonchev–Trinajstić information content (AvgIpc) is 3.27. The quantitative estimate of drug-likeness (QED) is 0.842. The molecule has 1 aromatic heterocycles. The number of carbonyl (C=O) groups excluding carboxylic acids is 2. The summed E-state index contributed by atoms with van der Waals surface area (Å²) in [4.78, 5) is 24.6. The van der Waals surface area contributed by atoms with Crippen LogP contribution in [-0.4, -0.2) is 37.5 Å². The zero-order chi connectivity index (χ0) is 16.0. The second-order valence-corrected chi connectivity index (χ2v) is 6.42. The van der Waals surface area contributed by atoms with Gasteiger partial charge in [-0.3, -0.25) is 14.5 Å². The van der Waals surface area contributed by atoms with Crippen molar-refractivity contribution < 1.29 is 14.0 Å². The van der Waals surface area contributed by atoms with Crippen molar-refractivity contribution in [2.24, 2.45) is 0 Å². The lowest BCUT2D eigenvalue weighted by atomic mass is 9.95. The van der Waals surface area contributed by atoms with E-state index in [2.05, 4.69) is 10.6 Å². The maximum Gasteiger partial charge on any atom is 0.251 e. The molecule has 2 aliphatic rings. The Morgan fingerprint density at radius 3 is 2.96 bits per heavy atom. The highest BCUT2D eigenvalue weighted by molar-refractivity contribution is 5.98. The first-order chi connectivity index (χ1) is 11.1. The fraction of sp³-hybridized carbons (Fsp3) is 0.412. The Hall–Kier alpha value is -2.34. The van der Waals surface area contributed by atoms with Crippen molar-refractivity contribution in [3.05, 3.63) is 29.8 Å². The predicted molar refractivity (Wildman–Crippen MR) is 86.5 cm³/mol. The second-order valence-electron chi connectivity index (χ2n) is 6.42. The SMILES string of the molecule is CN(C=O)c1cc2ccc(C(=O)N[C@@H]3C[C@H]4CC[C@@H]3N4)cc2o1. The van der Waals surface area contributed by atoms with Crippen LogP contribution in [0.15, 0.2) is 28.7 Å². The number of hydrogen-bond acceptors (Lipinski definition) is 4. The third-order valence-electron chi connectivity index (χ3n) is 4.89. The summed E-state index contributed by atoms with van der Waals surface area (Å²) in [5.41, 5.74) is 1.18. The summed E-state index contributed by atoms with van der Waals surface area (Å²) in [5, 5.41) is 7.50. The fourth-order valence-electron chi connectivity index (χ4n) is 3.62. The number of benzene rings is 1. The molecule has 0 unspecified atom stereocenters. The predicted octanol–water partition coefficient (Wildman–Crippen LogP) is 1.65. The number of furan rings is 1. The van der Waals surface area contributed by atoms with Crippen LogP contribution in [-0.2, 0) is 4.79 Å². The Kier molecular flexibility index (Phi) is 3.34. The minimum Gasteiger partial charge on any atom is -0.440 e. The minimum absolute atomic E-state index is 0.0760. The van der Waals surface area contributed by atoms with Gasteiger partial charge in [-0.15, -0.1) is 0 Å². The molecule has 4 rings (SSSR count). The van der Waals surface area contributed by atoms with Crippen LogP contribution in [0.4, 0.5) is 5.88 Å². The van der Waals surface area contributed by atoms with E-state index >= 15 is 0 Å². The first-order valence-corrected chi connectivity index (χ1v) is 7.92. The second kappa shape index (κ2) is 5.38. The lowest BCUT2D eigenvalue weighted by Gasteiger charge is -2.21. The molecular weight excluding hydrogens is 294 g/mol. The Bertz CT molecular complexity index is 770. The Morgan fingerprint density at radius 1 is 1.39 bits per heavy atom. The van der Waals surface area contributed by atoms with Crippen molar-refractivity contribution >= 4 is 29.2 Å². The molecule has 2 N–H and O–H groups in total. The zero-order valence-corrected chi connectivity index (χ0v) is 12.9. The first-order valence-electron chi connectivity index (χ1n) is 7.92. The van der Waals surface area contributed by atoms with E-state index in [9.17, 15) is 9.59 Å². The number of fused-ring (bicyclic) bond motifs is 3. The Labute approximate surface area is 133 Å². The third-order valence-corrected chi connectivity index (χ3v) is 4.89. The summed E-state index contributed by atoms with van der Waals surface area (Å²) >= 11 is 0. The van der Waals surface area contributed by atoms with Crippen LogP contribution >= 0.6 is 0 Å². The van der Waals surface area contributed by atoms with Gasteiger partial charge in [0.2, 0.25) is 12.3 Å². The van der Waals surface area contributed by atoms with E-state index in [1.807, 2.05) is 6.07 Å². The van der Waals surface area contributed by atoms with Crippen LogP contribution in [0.25, 0.3) is 11.0 Å². The average molecular weight is 313 g/mol. The van der Waals surface area contributed by atoms with Gasteiger partial charge >= 0.3 is 0 Å². The van der Waals surface area contributed by atoms with Gasteiger partial charge < -0.3 is 15.1 Å². The van der Waals surface area contributed by atoms with Gasteiger partial charge in [0.05, 0.1) is 0 Å². The molecule has 2 fully saturated rings. The van der Waals surface area contributed by atoms with E-state index in [1.54, 1.807) is 25.2 Å². The van der Waals surface area contributed by atoms with E-state index in [1.165, 1.54) is 11.3 Å². The molecule has 1 aromatic carbocycles. The van der Waals surface area contributed by atoms with Crippen molar-refractivity contribution in [3.63, 3.8) is 0 Å². The molecule has 0 spiro atoms. The van der Waals surface area contributed by atoms with Crippen molar-refractivity contribution in [2.75, 3.05) is 11.9 Å². The summed E-state index contributed by atoms with van der Waals surface area (Å²) < 4.78 is 5.63. The molecular formula is C17H19N3O3. The van der Waals surface area contributed by atoms with E-state index in [-0.39, 0.29) is 11.9 Å². The molecule has 6 nitrogen and oxygen atoms in total. The van der Waals surface area contributed by atoms with Gasteiger partial charge in [0, 0.05) is 42.2 Å². The number of nitrogens with one attached hydrogen (secondary N) is 2. The van der Waals surface area contributed by atoms with E-state index in [4.69, 9.17) is 4.42 Å². The topological polar surface area (TPSA) is 74.6 Å². The van der Waals surface area contributed by atoms with Crippen molar-refractivity contribution in [2.45, 2.75) is 37.4 Å². The Balaban J connectivity index is 1.54. The van der Waals surface area contributed by atoms with Crippen LogP contribution < -0.4 is 15.5 Å². The lowest BCUT2D eigenvalue weighted by Crippen LogP contribution is -2.42. The molecule has 0 radical (unpaired) electrons. The number of carbonyl (C=O) groups is 2. The molecule has 0 aliphatic carbocycles. The number of rotatable bonds is 4. The van der Waals surface area contributed by atoms with Crippen molar-refractivity contribution in [3.8, 4) is 0 Å². The molecule has 2 bridgehead atoms. The standard InChI is InChI=1S/C17H19N3O3/c1-20(9-21)16-7-10-2-3-11(6-15(10)23-16)17(22)19-14-8-12-4-5-13(14)18-12/h2-3,6-7,9,12-14,18H,4-5,8H2,1H3,(H,19,22)/t12-,13+,14-/m1/s1. The highest BCUT2D eigenvalue weighted by Gasteiger charge is 2.39. The van der Waals surface area contributed by atoms with Gasteiger partial charge in [-0.25, -0.2) is 0 Å². The maximum atomic E-state index is 12.5. The highest BCUT2D eigenvalue weighted by atomic mass is 16.4. The molecule has 3 heterocycles. The molecule has 2 aromatic rings. The minimum atomic E-state index is -0.0760. The smallest absolute Gasteiger partial charge is 0.251 e. The van der Waals surface area contributed by atoms with E-state index in [0.29, 0.717) is 35.5 Å². The van der Waals surface area contributed by atoms with Gasteiger partial charge in [-0.1, -0.05) is 6.07 Å². The molecule has 2 aliphatic heterocycles. The molecule has 6 heteroatoms. The van der Waals surface area contributed by atoms with Crippen LogP contribution in [0.3, 0.4) is 0 Å². The number of hydrogen-bond donors (Lipinski definition) is 2. The summed E-state index contributed by atoms with van der Waals surface area (Å²) in [5.74, 6) is 0.387. The summed E-state index contributed by atoms with van der Waals surface area (Å²) in [7, 11) is 1.63. The van der Waals surface area contributed by atoms with Crippen molar-refractivity contribution in [1.29, 1.82) is 0 Å². The van der Waals surface area contributed by atoms with Gasteiger partial charge in [0.25, 0.3) is 5.91 Å². The molecule has 2 saturated heterocycles. The zero-order valence-electron chi connectivity index (χ0n) is 12.9. The first kappa shape index (κ1) is 14.3. The maximum absolute atomic E-state index is 12.5. The van der Waals surface area contributed by atoms with Crippen LogP contribution in [0, 0.1) is 0 Å². The summed E-state index contributed by atoms with van der Waals surface area (Å²) in [6, 6.07) is 8.32. The van der Waals surface area contributed by atoms with Gasteiger partial charge in [0.15, 0.2) is 0 Å².